The van der Waals surface area contributed by atoms with E-state index in [1.54, 1.807) is 0 Å². The van der Waals surface area contributed by atoms with E-state index in [2.05, 4.69) is 67.4 Å². The number of aryl methyl sites for hydroxylation is 2. The molecular formula is C28H31N3O. The van der Waals surface area contributed by atoms with Crippen molar-refractivity contribution in [3.8, 4) is 0 Å². The fourth-order valence-electron chi connectivity index (χ4n) is 5.08. The highest BCUT2D eigenvalue weighted by atomic mass is 16.2. The summed E-state index contributed by atoms with van der Waals surface area (Å²) >= 11 is 0. The highest BCUT2D eigenvalue weighted by Crippen LogP contribution is 2.34. The van der Waals surface area contributed by atoms with Crippen LogP contribution in [0.2, 0.25) is 0 Å². The van der Waals surface area contributed by atoms with Gasteiger partial charge in [-0.25, -0.2) is 0 Å². The Morgan fingerprint density at radius 1 is 1.00 bits per heavy atom. The van der Waals surface area contributed by atoms with Crippen LogP contribution in [0.15, 0.2) is 60.8 Å². The van der Waals surface area contributed by atoms with Gasteiger partial charge in [-0.1, -0.05) is 35.9 Å². The van der Waals surface area contributed by atoms with Gasteiger partial charge in [0.1, 0.15) is 0 Å². The molecule has 1 fully saturated rings. The SMILES string of the molecule is Cc1ccc(Cc2ccc([C@H]3CCCN3C(=O)c3ccc4c(c3)CCCN4C)nc2)cc1. The maximum absolute atomic E-state index is 13.4. The van der Waals surface area contributed by atoms with E-state index in [0.29, 0.717) is 0 Å². The van der Waals surface area contributed by atoms with Gasteiger partial charge in [0.2, 0.25) is 0 Å². The number of carbonyl (C=O) groups is 1. The molecule has 3 aromatic rings. The topological polar surface area (TPSA) is 36.4 Å². The highest BCUT2D eigenvalue weighted by Gasteiger charge is 2.32. The van der Waals surface area contributed by atoms with Gasteiger partial charge in [-0.15, -0.1) is 0 Å². The number of anilines is 1. The average Bonchev–Trinajstić information content (AvgIpc) is 3.30. The Hall–Kier alpha value is -3.14. The minimum absolute atomic E-state index is 0.0645. The quantitative estimate of drug-likeness (QED) is 0.566. The first kappa shape index (κ1) is 20.7. The molecule has 1 aromatic heterocycles. The van der Waals surface area contributed by atoms with Crippen LogP contribution in [0.25, 0.3) is 0 Å². The van der Waals surface area contributed by atoms with Crippen molar-refractivity contribution >= 4 is 11.6 Å². The lowest BCUT2D eigenvalue weighted by atomic mass is 9.99. The molecule has 0 bridgehead atoms. The van der Waals surface area contributed by atoms with Crippen molar-refractivity contribution in [2.45, 2.75) is 45.1 Å². The van der Waals surface area contributed by atoms with Crippen LogP contribution in [-0.4, -0.2) is 35.9 Å². The van der Waals surface area contributed by atoms with Gasteiger partial charge in [0, 0.05) is 37.6 Å². The van der Waals surface area contributed by atoms with Crippen LogP contribution in [0.5, 0.6) is 0 Å². The minimum atomic E-state index is 0.0645. The summed E-state index contributed by atoms with van der Waals surface area (Å²) in [7, 11) is 2.13. The van der Waals surface area contributed by atoms with Crippen molar-refractivity contribution in [1.29, 1.82) is 0 Å². The third-order valence-corrected chi connectivity index (χ3v) is 6.91. The fourth-order valence-corrected chi connectivity index (χ4v) is 5.08. The molecule has 4 nitrogen and oxygen atoms in total. The number of amides is 1. The third-order valence-electron chi connectivity index (χ3n) is 6.91. The lowest BCUT2D eigenvalue weighted by Crippen LogP contribution is -2.31. The van der Waals surface area contributed by atoms with E-state index in [0.717, 1.165) is 56.5 Å². The Labute approximate surface area is 190 Å². The van der Waals surface area contributed by atoms with E-state index in [9.17, 15) is 4.79 Å². The summed E-state index contributed by atoms with van der Waals surface area (Å²) in [6, 6.07) is 19.2. The Morgan fingerprint density at radius 2 is 1.81 bits per heavy atom. The molecule has 0 aliphatic carbocycles. The molecule has 0 radical (unpaired) electrons. The molecule has 0 saturated carbocycles. The Kier molecular flexibility index (Phi) is 5.69. The van der Waals surface area contributed by atoms with Crippen molar-refractivity contribution in [1.82, 2.24) is 9.88 Å². The van der Waals surface area contributed by atoms with Gasteiger partial charge in [-0.2, -0.15) is 0 Å². The van der Waals surface area contributed by atoms with Gasteiger partial charge in [0.25, 0.3) is 5.91 Å². The van der Waals surface area contributed by atoms with Gasteiger partial charge >= 0.3 is 0 Å². The molecule has 4 heteroatoms. The van der Waals surface area contributed by atoms with E-state index < -0.39 is 0 Å². The van der Waals surface area contributed by atoms with Gasteiger partial charge in [0.15, 0.2) is 0 Å². The molecular weight excluding hydrogens is 394 g/mol. The maximum Gasteiger partial charge on any atom is 0.254 e. The van der Waals surface area contributed by atoms with Crippen LogP contribution in [0.3, 0.4) is 0 Å². The van der Waals surface area contributed by atoms with Gasteiger partial charge in [-0.05, 0) is 80.0 Å². The first-order chi connectivity index (χ1) is 15.6. The van der Waals surface area contributed by atoms with Crippen molar-refractivity contribution in [2.24, 2.45) is 0 Å². The van der Waals surface area contributed by atoms with E-state index in [1.165, 1.54) is 27.9 Å². The first-order valence-corrected chi connectivity index (χ1v) is 11.7. The van der Waals surface area contributed by atoms with Crippen LogP contribution in [0.4, 0.5) is 5.69 Å². The van der Waals surface area contributed by atoms with Gasteiger partial charge in [-0.3, -0.25) is 9.78 Å². The Bertz CT molecular complexity index is 1100. The smallest absolute Gasteiger partial charge is 0.254 e. The maximum atomic E-state index is 13.4. The van der Waals surface area contributed by atoms with Crippen molar-refractivity contribution in [3.05, 3.63) is 94.3 Å². The van der Waals surface area contributed by atoms with E-state index >= 15 is 0 Å². The molecule has 32 heavy (non-hydrogen) atoms. The molecule has 1 atom stereocenters. The molecule has 5 rings (SSSR count). The molecule has 1 saturated heterocycles. The summed E-state index contributed by atoms with van der Waals surface area (Å²) in [4.78, 5) is 22.5. The molecule has 1 amide bonds. The van der Waals surface area contributed by atoms with E-state index in [-0.39, 0.29) is 11.9 Å². The number of aromatic nitrogens is 1. The molecule has 2 aliphatic heterocycles. The summed E-state index contributed by atoms with van der Waals surface area (Å²) in [5, 5.41) is 0. The van der Waals surface area contributed by atoms with Crippen LogP contribution >= 0.6 is 0 Å². The number of pyridine rings is 1. The lowest BCUT2D eigenvalue weighted by Gasteiger charge is -2.29. The number of nitrogens with zero attached hydrogens (tertiary/aromatic N) is 3. The molecule has 0 unspecified atom stereocenters. The van der Waals surface area contributed by atoms with Crippen LogP contribution in [0, 0.1) is 6.92 Å². The molecule has 2 aromatic carbocycles. The summed E-state index contributed by atoms with van der Waals surface area (Å²) < 4.78 is 0. The number of hydrogen-bond acceptors (Lipinski definition) is 3. The highest BCUT2D eigenvalue weighted by molar-refractivity contribution is 5.95. The molecule has 2 aliphatic rings. The van der Waals surface area contributed by atoms with Crippen molar-refractivity contribution in [2.75, 3.05) is 25.0 Å². The second kappa shape index (κ2) is 8.78. The largest absolute Gasteiger partial charge is 0.374 e. The second-order valence-corrected chi connectivity index (χ2v) is 9.28. The monoisotopic (exact) mass is 425 g/mol. The number of hydrogen-bond donors (Lipinski definition) is 0. The zero-order chi connectivity index (χ0) is 22.1. The number of benzene rings is 2. The minimum Gasteiger partial charge on any atom is -0.374 e. The normalized spacial score (nSPS) is 18.0. The van der Waals surface area contributed by atoms with Crippen LogP contribution < -0.4 is 4.90 Å². The number of rotatable bonds is 4. The number of likely N-dealkylation sites (tertiary alicyclic amines) is 1. The Balaban J connectivity index is 1.32. The van der Waals surface area contributed by atoms with Crippen LogP contribution in [0.1, 0.15) is 63.6 Å². The fraction of sp³-hybridized carbons (Fsp3) is 0.357. The number of carbonyl (C=O) groups excluding carboxylic acids is 1. The summed E-state index contributed by atoms with van der Waals surface area (Å²) in [5.41, 5.74) is 8.13. The average molecular weight is 426 g/mol. The third kappa shape index (κ3) is 4.14. The second-order valence-electron chi connectivity index (χ2n) is 9.28. The standard InChI is InChI=1S/C28H31N3O/c1-20-7-9-21(10-8-20)17-22-11-13-25(29-19-22)27-6-4-16-31(27)28(32)24-12-14-26-23(18-24)5-3-15-30(26)2/h7-14,18-19,27H,3-6,15-17H2,1-2H3/t27-/m1/s1. The molecule has 0 N–H and O–H groups in total. The predicted molar refractivity (Wildman–Crippen MR) is 129 cm³/mol. The van der Waals surface area contributed by atoms with E-state index in [1.807, 2.05) is 17.2 Å². The van der Waals surface area contributed by atoms with Crippen molar-refractivity contribution < 1.29 is 4.79 Å². The zero-order valence-electron chi connectivity index (χ0n) is 19.1. The summed E-state index contributed by atoms with van der Waals surface area (Å²) in [6.45, 7) is 3.99. The molecule has 3 heterocycles. The summed E-state index contributed by atoms with van der Waals surface area (Å²) in [6.07, 6.45) is 7.05. The van der Waals surface area contributed by atoms with Gasteiger partial charge in [0.05, 0.1) is 11.7 Å². The number of fused-ring (bicyclic) bond motifs is 1. The Morgan fingerprint density at radius 3 is 2.59 bits per heavy atom. The zero-order valence-corrected chi connectivity index (χ0v) is 19.1. The first-order valence-electron chi connectivity index (χ1n) is 11.7. The van der Waals surface area contributed by atoms with Gasteiger partial charge < -0.3 is 9.80 Å². The lowest BCUT2D eigenvalue weighted by molar-refractivity contribution is 0.0733. The van der Waals surface area contributed by atoms with Crippen LogP contribution in [-0.2, 0) is 12.8 Å². The molecule has 164 valence electrons. The predicted octanol–water partition coefficient (Wildman–Crippen LogP) is 5.34. The van der Waals surface area contributed by atoms with Crippen molar-refractivity contribution in [3.63, 3.8) is 0 Å². The molecule has 0 spiro atoms. The summed E-state index contributed by atoms with van der Waals surface area (Å²) in [5.74, 6) is 0.133. The van der Waals surface area contributed by atoms with E-state index in [4.69, 9.17) is 4.98 Å².